The largest absolute Gasteiger partial charge is 0.265 e. The van der Waals surface area contributed by atoms with Gasteiger partial charge in [-0.25, -0.2) is 8.78 Å². The van der Waals surface area contributed by atoms with E-state index >= 15 is 0 Å². The lowest BCUT2D eigenvalue weighted by atomic mass is 9.78. The number of fused-ring (bicyclic) bond motifs is 1. The van der Waals surface area contributed by atoms with Crippen LogP contribution in [0.1, 0.15) is 40.5 Å². The Hall–Kier alpha value is -0.660. The number of halogens is 2. The minimum Gasteiger partial charge on any atom is -0.205 e. The van der Waals surface area contributed by atoms with Gasteiger partial charge in [0.1, 0.15) is 0 Å². The van der Waals surface area contributed by atoms with E-state index in [9.17, 15) is 8.78 Å². The van der Waals surface area contributed by atoms with Crippen LogP contribution in [0.4, 0.5) is 8.78 Å². The zero-order chi connectivity index (χ0) is 11.5. The highest BCUT2D eigenvalue weighted by molar-refractivity contribution is 5.51. The molecule has 1 saturated carbocycles. The van der Waals surface area contributed by atoms with Crippen LogP contribution in [0, 0.1) is 10.8 Å². The van der Waals surface area contributed by atoms with Gasteiger partial charge in [-0.2, -0.15) is 0 Å². The third kappa shape index (κ3) is 1.05. The van der Waals surface area contributed by atoms with Gasteiger partial charge in [0.25, 0.3) is 5.92 Å². The Kier molecular flexibility index (Phi) is 1.96. The summed E-state index contributed by atoms with van der Waals surface area (Å²) in [6, 6.07) is 0. The third-order valence-corrected chi connectivity index (χ3v) is 4.07. The molecule has 0 amide bonds. The van der Waals surface area contributed by atoms with Crippen LogP contribution in [0.3, 0.4) is 0 Å². The second kappa shape index (κ2) is 2.72. The highest BCUT2D eigenvalue weighted by Crippen LogP contribution is 2.65. The zero-order valence-corrected chi connectivity index (χ0v) is 9.82. The van der Waals surface area contributed by atoms with Gasteiger partial charge in [0, 0.05) is 0 Å². The zero-order valence-electron chi connectivity index (χ0n) is 9.82. The molecule has 0 unspecified atom stereocenters. The van der Waals surface area contributed by atoms with Crippen molar-refractivity contribution in [3.8, 4) is 0 Å². The minimum absolute atomic E-state index is 0.865. The van der Waals surface area contributed by atoms with E-state index < -0.39 is 16.8 Å². The van der Waals surface area contributed by atoms with Crippen LogP contribution < -0.4 is 0 Å². The molecule has 0 aromatic carbocycles. The fourth-order valence-electron chi connectivity index (χ4n) is 2.98. The molecule has 15 heavy (non-hydrogen) atoms. The molecule has 2 heteroatoms. The molecule has 1 fully saturated rings. The smallest absolute Gasteiger partial charge is 0.205 e. The summed E-state index contributed by atoms with van der Waals surface area (Å²) in [4.78, 5) is 0. The van der Waals surface area contributed by atoms with Gasteiger partial charge < -0.3 is 0 Å². The molecule has 2 rings (SSSR count). The molecule has 0 saturated heterocycles. The minimum atomic E-state index is -2.66. The molecule has 0 nitrogen and oxygen atoms in total. The number of allylic oxidation sites excluding steroid dienone is 4. The van der Waals surface area contributed by atoms with Gasteiger partial charge >= 0.3 is 0 Å². The molecule has 0 bridgehead atoms. The molecule has 0 aromatic rings. The van der Waals surface area contributed by atoms with E-state index in [-0.39, 0.29) is 0 Å². The molecule has 84 valence electrons. The maximum atomic E-state index is 14.3. The Morgan fingerprint density at radius 2 is 1.20 bits per heavy atom. The summed E-state index contributed by atoms with van der Waals surface area (Å²) in [6.45, 7) is 6.64. The topological polar surface area (TPSA) is 0 Å². The van der Waals surface area contributed by atoms with Crippen molar-refractivity contribution in [2.24, 2.45) is 10.8 Å². The molecule has 2 aliphatic rings. The van der Waals surface area contributed by atoms with E-state index in [0.29, 0.717) is 0 Å². The van der Waals surface area contributed by atoms with Crippen LogP contribution >= 0.6 is 0 Å². The third-order valence-electron chi connectivity index (χ3n) is 4.07. The first-order valence-electron chi connectivity index (χ1n) is 5.52. The number of hydrogen-bond donors (Lipinski definition) is 0. The lowest BCUT2D eigenvalue weighted by Crippen LogP contribution is -2.41. The molecule has 0 heterocycles. The van der Waals surface area contributed by atoms with Crippen molar-refractivity contribution < 1.29 is 8.78 Å². The van der Waals surface area contributed by atoms with E-state index in [1.165, 1.54) is 0 Å². The second-order valence-corrected chi connectivity index (χ2v) is 5.64. The summed E-state index contributed by atoms with van der Waals surface area (Å²) in [7, 11) is 0. The summed E-state index contributed by atoms with van der Waals surface area (Å²) >= 11 is 0. The van der Waals surface area contributed by atoms with E-state index in [4.69, 9.17) is 0 Å². The van der Waals surface area contributed by atoms with Crippen LogP contribution in [0.15, 0.2) is 23.3 Å². The predicted octanol–water partition coefficient (Wildman–Crippen LogP) is 4.33. The van der Waals surface area contributed by atoms with Crippen molar-refractivity contribution in [3.63, 3.8) is 0 Å². The van der Waals surface area contributed by atoms with Crippen molar-refractivity contribution in [2.75, 3.05) is 0 Å². The molecule has 0 aromatic heterocycles. The molecule has 0 radical (unpaired) electrons. The first-order valence-corrected chi connectivity index (χ1v) is 5.52. The van der Waals surface area contributed by atoms with Crippen LogP contribution in [0.2, 0.25) is 0 Å². The van der Waals surface area contributed by atoms with Crippen LogP contribution in [0.5, 0.6) is 0 Å². The summed E-state index contributed by atoms with van der Waals surface area (Å²) in [5, 5.41) is 0. The van der Waals surface area contributed by atoms with E-state index in [1.54, 1.807) is 27.7 Å². The molecular formula is C13H18F2. The first-order chi connectivity index (χ1) is 6.73. The van der Waals surface area contributed by atoms with Crippen LogP contribution in [-0.4, -0.2) is 5.92 Å². The van der Waals surface area contributed by atoms with Gasteiger partial charge in [-0.05, 0) is 51.7 Å². The first kappa shape index (κ1) is 10.8. The lowest BCUT2D eigenvalue weighted by molar-refractivity contribution is -0.135. The van der Waals surface area contributed by atoms with Gasteiger partial charge in [0.15, 0.2) is 0 Å². The Balaban J connectivity index is 2.66. The molecule has 0 spiro atoms. The highest BCUT2D eigenvalue weighted by Gasteiger charge is 2.66. The van der Waals surface area contributed by atoms with Crippen molar-refractivity contribution in [2.45, 2.75) is 46.5 Å². The fraction of sp³-hybridized carbons (Fsp3) is 0.692. The van der Waals surface area contributed by atoms with Gasteiger partial charge in [-0.15, -0.1) is 0 Å². The fourth-order valence-corrected chi connectivity index (χ4v) is 2.98. The number of rotatable bonds is 0. The highest BCUT2D eigenvalue weighted by atomic mass is 19.3. The Bertz CT molecular complexity index is 323. The van der Waals surface area contributed by atoms with Crippen LogP contribution in [0.25, 0.3) is 0 Å². The summed E-state index contributed by atoms with van der Waals surface area (Å²) in [5.41, 5.74) is -0.321. The average Bonchev–Trinajstić information content (AvgIpc) is 2.26. The van der Waals surface area contributed by atoms with Gasteiger partial charge in [-0.1, -0.05) is 12.2 Å². The average molecular weight is 212 g/mol. The standard InChI is InChI=1S/C13H18F2/c1-11(2)9-7-5-6-8-10(9)12(3,4)13(11,14)15/h7-8H,5-6H2,1-4H3. The summed E-state index contributed by atoms with van der Waals surface area (Å²) < 4.78 is 28.6. The predicted molar refractivity (Wildman–Crippen MR) is 57.9 cm³/mol. The lowest BCUT2D eigenvalue weighted by Gasteiger charge is -2.34. The normalized spacial score (nSPS) is 30.5. The maximum absolute atomic E-state index is 14.3. The van der Waals surface area contributed by atoms with Gasteiger partial charge in [-0.3, -0.25) is 0 Å². The molecule has 2 aliphatic carbocycles. The Morgan fingerprint density at radius 3 is 1.53 bits per heavy atom. The van der Waals surface area contributed by atoms with E-state index in [0.717, 1.165) is 24.0 Å². The summed E-state index contributed by atoms with van der Waals surface area (Å²) in [5.74, 6) is -2.66. The van der Waals surface area contributed by atoms with Crippen molar-refractivity contribution in [1.29, 1.82) is 0 Å². The Labute approximate surface area is 90.1 Å². The van der Waals surface area contributed by atoms with E-state index in [2.05, 4.69) is 0 Å². The quantitative estimate of drug-likeness (QED) is 0.560. The maximum Gasteiger partial charge on any atom is 0.265 e. The van der Waals surface area contributed by atoms with Crippen LogP contribution in [-0.2, 0) is 0 Å². The molecule has 0 atom stereocenters. The molecular weight excluding hydrogens is 194 g/mol. The van der Waals surface area contributed by atoms with Gasteiger partial charge in [0.2, 0.25) is 0 Å². The van der Waals surface area contributed by atoms with E-state index in [1.807, 2.05) is 12.2 Å². The second-order valence-electron chi connectivity index (χ2n) is 5.64. The van der Waals surface area contributed by atoms with Crippen molar-refractivity contribution in [1.82, 2.24) is 0 Å². The number of hydrogen-bond acceptors (Lipinski definition) is 0. The summed E-state index contributed by atoms with van der Waals surface area (Å²) in [6.07, 6.45) is 5.79. The monoisotopic (exact) mass is 212 g/mol. The van der Waals surface area contributed by atoms with Crippen molar-refractivity contribution >= 4 is 0 Å². The molecule has 0 aliphatic heterocycles. The van der Waals surface area contributed by atoms with Crippen molar-refractivity contribution in [3.05, 3.63) is 23.3 Å². The molecule has 0 N–H and O–H groups in total. The SMILES string of the molecule is CC1(C)C2=CCCC=C2C(C)(C)C1(F)F. The van der Waals surface area contributed by atoms with Gasteiger partial charge in [0.05, 0.1) is 10.8 Å². The number of alkyl halides is 2. The Morgan fingerprint density at radius 1 is 0.867 bits per heavy atom.